The number of nitrogens with zero attached hydrogens (tertiary/aromatic N) is 4. The first-order valence-electron chi connectivity index (χ1n) is 5.11. The van der Waals surface area contributed by atoms with Crippen molar-refractivity contribution < 1.29 is 0 Å². The van der Waals surface area contributed by atoms with Crippen LogP contribution in [0.25, 0.3) is 0 Å². The Balaban J connectivity index is 2.12. The van der Waals surface area contributed by atoms with E-state index < -0.39 is 0 Å². The maximum Gasteiger partial charge on any atom is 0.240 e. The largest absolute Gasteiger partial charge is 0.366 e. The van der Waals surface area contributed by atoms with Crippen molar-refractivity contribution in [2.24, 2.45) is 0 Å². The van der Waals surface area contributed by atoms with Gasteiger partial charge < -0.3 is 16.9 Å². The van der Waals surface area contributed by atoms with E-state index in [0.717, 1.165) is 32.0 Å². The average Bonchev–Trinajstić information content (AvgIpc) is 2.60. The van der Waals surface area contributed by atoms with Crippen molar-refractivity contribution in [2.75, 3.05) is 37.8 Å². The fourth-order valence-electron chi connectivity index (χ4n) is 1.83. The summed E-state index contributed by atoms with van der Waals surface area (Å²) in [5, 5.41) is 11.0. The summed E-state index contributed by atoms with van der Waals surface area (Å²) in [6.07, 6.45) is 0. The van der Waals surface area contributed by atoms with E-state index in [1.165, 1.54) is 4.68 Å². The van der Waals surface area contributed by atoms with Crippen LogP contribution in [0.1, 0.15) is 18.8 Å². The Bertz CT molecular complexity index is 328. The van der Waals surface area contributed by atoms with Crippen molar-refractivity contribution >= 4 is 5.95 Å². The second-order valence-electron chi connectivity index (χ2n) is 3.75. The van der Waals surface area contributed by atoms with E-state index in [1.807, 2.05) is 0 Å². The lowest BCUT2D eigenvalue weighted by Crippen LogP contribution is -2.45. The molecule has 1 fully saturated rings. The molecule has 7 nitrogen and oxygen atoms in total. The van der Waals surface area contributed by atoms with E-state index in [9.17, 15) is 0 Å². The molecule has 15 heavy (non-hydrogen) atoms. The van der Waals surface area contributed by atoms with E-state index in [2.05, 4.69) is 27.3 Å². The molecular weight excluding hydrogens is 194 g/mol. The number of hydrogen-bond donors (Lipinski definition) is 3. The van der Waals surface area contributed by atoms with Crippen LogP contribution in [0.2, 0.25) is 0 Å². The van der Waals surface area contributed by atoms with E-state index in [-0.39, 0.29) is 12.0 Å². The number of rotatable bonds is 2. The summed E-state index contributed by atoms with van der Waals surface area (Å²) >= 11 is 0. The van der Waals surface area contributed by atoms with E-state index in [1.54, 1.807) is 0 Å². The highest BCUT2D eigenvalue weighted by atomic mass is 15.5. The smallest absolute Gasteiger partial charge is 0.240 e. The molecule has 0 saturated carbocycles. The molecular formula is C8H17N7. The highest BCUT2D eigenvalue weighted by Gasteiger charge is 2.22. The van der Waals surface area contributed by atoms with Gasteiger partial charge in [0.15, 0.2) is 5.82 Å². The van der Waals surface area contributed by atoms with E-state index in [0.29, 0.717) is 0 Å². The van der Waals surface area contributed by atoms with E-state index >= 15 is 0 Å². The predicted octanol–water partition coefficient (Wildman–Crippen LogP) is -1.46. The minimum Gasteiger partial charge on any atom is -0.366 e. The van der Waals surface area contributed by atoms with Gasteiger partial charge in [0.05, 0.1) is 6.04 Å². The number of hydrogen-bond acceptors (Lipinski definition) is 6. The number of nitrogens with one attached hydrogen (secondary N) is 1. The number of nitrogen functional groups attached to an aromatic ring is 2. The van der Waals surface area contributed by atoms with Gasteiger partial charge in [0, 0.05) is 26.2 Å². The fourth-order valence-corrected chi connectivity index (χ4v) is 1.83. The van der Waals surface area contributed by atoms with Crippen molar-refractivity contribution in [3.63, 3.8) is 0 Å². The molecule has 7 heteroatoms. The summed E-state index contributed by atoms with van der Waals surface area (Å²) in [7, 11) is 0. The Hall–Kier alpha value is -1.34. The Kier molecular flexibility index (Phi) is 2.74. The third-order valence-corrected chi connectivity index (χ3v) is 2.82. The van der Waals surface area contributed by atoms with Gasteiger partial charge >= 0.3 is 0 Å². The molecule has 1 aromatic heterocycles. The molecule has 2 heterocycles. The molecule has 5 N–H and O–H groups in total. The van der Waals surface area contributed by atoms with Gasteiger partial charge in [0.2, 0.25) is 5.95 Å². The van der Waals surface area contributed by atoms with Crippen molar-refractivity contribution in [3.05, 3.63) is 5.82 Å². The maximum atomic E-state index is 5.73. The summed E-state index contributed by atoms with van der Waals surface area (Å²) in [6.45, 7) is 6.05. The van der Waals surface area contributed by atoms with Crippen molar-refractivity contribution in [3.8, 4) is 0 Å². The van der Waals surface area contributed by atoms with Crippen molar-refractivity contribution in [1.82, 2.24) is 25.1 Å². The van der Waals surface area contributed by atoms with Crippen LogP contribution in [0.15, 0.2) is 0 Å². The lowest BCUT2D eigenvalue weighted by molar-refractivity contribution is 0.177. The number of anilines is 1. The average molecular weight is 211 g/mol. The monoisotopic (exact) mass is 211 g/mol. The Labute approximate surface area is 88.4 Å². The molecule has 1 aliphatic heterocycles. The SMILES string of the molecule is CC(c1nnc(N)n1N)N1CCNCC1. The molecule has 2 rings (SSSR count). The molecule has 1 unspecified atom stereocenters. The first kappa shape index (κ1) is 10.2. The normalized spacial score (nSPS) is 20.3. The zero-order chi connectivity index (χ0) is 10.8. The zero-order valence-corrected chi connectivity index (χ0v) is 8.85. The van der Waals surface area contributed by atoms with Gasteiger partial charge in [-0.2, -0.15) is 0 Å². The second-order valence-corrected chi connectivity index (χ2v) is 3.75. The molecule has 1 saturated heterocycles. The van der Waals surface area contributed by atoms with Gasteiger partial charge in [0.25, 0.3) is 0 Å². The Morgan fingerprint density at radius 2 is 2.00 bits per heavy atom. The first-order valence-corrected chi connectivity index (χ1v) is 5.11. The predicted molar refractivity (Wildman–Crippen MR) is 57.4 cm³/mol. The fraction of sp³-hybridized carbons (Fsp3) is 0.750. The third kappa shape index (κ3) is 1.88. The summed E-state index contributed by atoms with van der Waals surface area (Å²) in [5.41, 5.74) is 5.54. The second kappa shape index (κ2) is 4.03. The number of piperazine rings is 1. The number of aromatic nitrogens is 3. The summed E-state index contributed by atoms with van der Waals surface area (Å²) < 4.78 is 1.35. The molecule has 1 aliphatic rings. The molecule has 0 spiro atoms. The quantitative estimate of drug-likeness (QED) is 0.517. The molecule has 1 aromatic rings. The molecule has 84 valence electrons. The van der Waals surface area contributed by atoms with Gasteiger partial charge in [0.1, 0.15) is 0 Å². The highest BCUT2D eigenvalue weighted by molar-refractivity contribution is 5.18. The summed E-state index contributed by atoms with van der Waals surface area (Å²) in [4.78, 5) is 2.31. The molecule has 0 bridgehead atoms. The van der Waals surface area contributed by atoms with Crippen LogP contribution in [0, 0.1) is 0 Å². The van der Waals surface area contributed by atoms with Crippen LogP contribution in [0.3, 0.4) is 0 Å². The zero-order valence-electron chi connectivity index (χ0n) is 8.85. The molecule has 1 atom stereocenters. The third-order valence-electron chi connectivity index (χ3n) is 2.82. The molecule has 0 amide bonds. The Morgan fingerprint density at radius 3 is 2.53 bits per heavy atom. The summed E-state index contributed by atoms with van der Waals surface area (Å²) in [5.74, 6) is 6.71. The van der Waals surface area contributed by atoms with Crippen molar-refractivity contribution in [2.45, 2.75) is 13.0 Å². The van der Waals surface area contributed by atoms with Gasteiger partial charge in [-0.15, -0.1) is 10.2 Å². The van der Waals surface area contributed by atoms with Crippen LogP contribution in [0.5, 0.6) is 0 Å². The van der Waals surface area contributed by atoms with Crippen LogP contribution in [-0.2, 0) is 0 Å². The minimum absolute atomic E-state index is 0.155. The van der Waals surface area contributed by atoms with Crippen molar-refractivity contribution in [1.29, 1.82) is 0 Å². The van der Waals surface area contributed by atoms with E-state index in [4.69, 9.17) is 11.6 Å². The molecule has 0 aromatic carbocycles. The van der Waals surface area contributed by atoms with Gasteiger partial charge in [-0.3, -0.25) is 4.90 Å². The maximum absolute atomic E-state index is 5.73. The topological polar surface area (TPSA) is 98.0 Å². The lowest BCUT2D eigenvalue weighted by Gasteiger charge is -2.31. The first-order chi connectivity index (χ1) is 7.20. The van der Waals surface area contributed by atoms with Crippen LogP contribution >= 0.6 is 0 Å². The van der Waals surface area contributed by atoms with Gasteiger partial charge in [-0.25, -0.2) is 4.68 Å². The van der Waals surface area contributed by atoms with Gasteiger partial charge in [-0.1, -0.05) is 0 Å². The van der Waals surface area contributed by atoms with Crippen LogP contribution in [0.4, 0.5) is 5.95 Å². The minimum atomic E-state index is 0.155. The van der Waals surface area contributed by atoms with Gasteiger partial charge in [-0.05, 0) is 6.92 Å². The summed E-state index contributed by atoms with van der Waals surface area (Å²) in [6, 6.07) is 0.155. The standard InChI is InChI=1S/C8H17N7/c1-6(14-4-2-11-3-5-14)7-12-13-8(9)15(7)10/h6,11H,2-5,10H2,1H3,(H2,9,13). The Morgan fingerprint density at radius 1 is 1.33 bits per heavy atom. The number of nitrogens with two attached hydrogens (primary N) is 2. The molecule has 0 aliphatic carbocycles. The van der Waals surface area contributed by atoms with Crippen LogP contribution in [-0.4, -0.2) is 46.0 Å². The lowest BCUT2D eigenvalue weighted by atomic mass is 10.2. The highest BCUT2D eigenvalue weighted by Crippen LogP contribution is 2.18. The molecule has 0 radical (unpaired) electrons. The van der Waals surface area contributed by atoms with Crippen LogP contribution < -0.4 is 16.9 Å².